The van der Waals surface area contributed by atoms with E-state index in [0.717, 1.165) is 38.1 Å². The minimum atomic E-state index is -1.95. The van der Waals surface area contributed by atoms with E-state index >= 15 is 0 Å². The predicted molar refractivity (Wildman–Crippen MR) is 430 cm³/mol. The molecule has 6 rings (SSSR count). The molecule has 13 amide bonds. The lowest BCUT2D eigenvalue weighted by molar-refractivity contribution is -0.146. The number of ether oxygens (including phenoxy) is 1. The fourth-order valence-corrected chi connectivity index (χ4v) is 13.0. The lowest BCUT2D eigenvalue weighted by atomic mass is 9.98. The van der Waals surface area contributed by atoms with Gasteiger partial charge in [-0.1, -0.05) is 102 Å². The Balaban J connectivity index is 1.12. The summed E-state index contributed by atoms with van der Waals surface area (Å²) in [7, 11) is 0. The van der Waals surface area contributed by atoms with Crippen LogP contribution in [0.4, 0.5) is 4.79 Å². The van der Waals surface area contributed by atoms with Crippen molar-refractivity contribution in [2.45, 2.75) is 190 Å². The van der Waals surface area contributed by atoms with Crippen LogP contribution in [-0.2, 0) is 73.5 Å². The number of amides is 13. The molecule has 1 aliphatic heterocycles. The van der Waals surface area contributed by atoms with Crippen molar-refractivity contribution < 1.29 is 82.1 Å². The molecule has 2 heterocycles. The average Bonchev–Trinajstić information content (AvgIpc) is 1.61. The molecule has 0 spiro atoms. The van der Waals surface area contributed by atoms with Gasteiger partial charge in [-0.25, -0.2) is 4.79 Å². The number of alkyl carbamates (subject to hydrolysis) is 1. The summed E-state index contributed by atoms with van der Waals surface area (Å²) in [6.07, 6.45) is 2.51. The molecule has 2 aliphatic rings. The van der Waals surface area contributed by atoms with Crippen LogP contribution in [0.25, 0.3) is 22.0 Å². The Bertz CT molecular complexity index is 4190. The molecule has 1 aromatic heterocycles. The van der Waals surface area contributed by atoms with Gasteiger partial charge in [-0.3, -0.25) is 73.1 Å². The Morgan fingerprint density at radius 2 is 1.09 bits per heavy atom. The molecule has 116 heavy (non-hydrogen) atoms. The largest absolute Gasteiger partial charge is 0.481 e. The number of aromatic amines is 1. The number of nitrogens with zero attached hydrogens (tertiary/aromatic N) is 1. The van der Waals surface area contributed by atoms with Crippen LogP contribution in [0, 0.1) is 5.41 Å². The zero-order valence-corrected chi connectivity index (χ0v) is 65.7. The normalized spacial score (nSPS) is 15.3. The molecule has 0 bridgehead atoms. The summed E-state index contributed by atoms with van der Waals surface area (Å²) in [6, 6.07) is 8.00. The SMILES string of the molecule is C=CC[C@H](NC(=O)[C@H](CCCNC(N)N)NC(=O)[C@H](Cc1cc2ccccc2[nH]1)NC(=O)[C@H](C)NC(=O)[C@H](CC=C(C)C)NC(=O)[C@H](CCCNC(=N)N)NC(=O)C1CCCN1C(=O)[C@H](CC(=O)O)NC(=O)[C@H](CO)NC(=O)[C@H](CC=C)NC(=O)[C@H](CC=C(C)C)NC(=O)CNC(=O)OCC1c2ccccc2-c2ccccc21)C(N)=O. The van der Waals surface area contributed by atoms with Gasteiger partial charge in [0.15, 0.2) is 5.96 Å². The Morgan fingerprint density at radius 1 is 0.595 bits per heavy atom. The van der Waals surface area contributed by atoms with Crippen molar-refractivity contribution >= 4 is 99.8 Å². The summed E-state index contributed by atoms with van der Waals surface area (Å²) in [5.74, 6) is -13.5. The first-order chi connectivity index (χ1) is 55.2. The van der Waals surface area contributed by atoms with Crippen LogP contribution in [0.2, 0.25) is 0 Å². The zero-order valence-electron chi connectivity index (χ0n) is 65.7. The van der Waals surface area contributed by atoms with Crippen molar-refractivity contribution in [1.82, 2.24) is 79.0 Å². The number of H-pyrrole nitrogens is 1. The van der Waals surface area contributed by atoms with Crippen LogP contribution < -0.4 is 92.1 Å². The van der Waals surface area contributed by atoms with Gasteiger partial charge in [0.25, 0.3) is 0 Å². The molecule has 1 saturated heterocycles. The van der Waals surface area contributed by atoms with E-state index in [2.05, 4.69) is 87.3 Å². The number of para-hydroxylation sites is 1. The summed E-state index contributed by atoms with van der Waals surface area (Å²) in [5.41, 5.74) is 29.0. The van der Waals surface area contributed by atoms with Crippen LogP contribution in [0.5, 0.6) is 0 Å². The van der Waals surface area contributed by atoms with Crippen LogP contribution >= 0.6 is 0 Å². The summed E-state index contributed by atoms with van der Waals surface area (Å²) >= 11 is 0. The number of primary amides is 1. The number of guanidine groups is 1. The molecule has 1 unspecified atom stereocenters. The van der Waals surface area contributed by atoms with Crippen LogP contribution in [0.3, 0.4) is 0 Å². The quantitative estimate of drug-likeness (QED) is 0.00808. The molecule has 11 atom stereocenters. The molecule has 3 aromatic carbocycles. The van der Waals surface area contributed by atoms with Gasteiger partial charge in [-0.15, -0.1) is 13.2 Å². The Hall–Kier alpha value is -12.4. The highest BCUT2D eigenvalue weighted by atomic mass is 16.5. The fraction of sp³-hybridized carbons (Fsp3) is 0.456. The molecule has 0 saturated carbocycles. The third-order valence-electron chi connectivity index (χ3n) is 19.0. The van der Waals surface area contributed by atoms with E-state index in [9.17, 15) is 77.3 Å². The number of rotatable bonds is 47. The van der Waals surface area contributed by atoms with Crippen molar-refractivity contribution in [2.75, 3.05) is 39.4 Å². The van der Waals surface area contributed by atoms with Crippen LogP contribution in [0.15, 0.2) is 127 Å². The summed E-state index contributed by atoms with van der Waals surface area (Å²) in [4.78, 5) is 198. The van der Waals surface area contributed by atoms with Gasteiger partial charge in [0.2, 0.25) is 70.9 Å². The van der Waals surface area contributed by atoms with E-state index < -0.39 is 181 Å². The number of aliphatic hydroxyl groups excluding tert-OH is 1. The second-order valence-electron chi connectivity index (χ2n) is 28.7. The maximum absolute atomic E-state index is 14.6. The first kappa shape index (κ1) is 92.5. The highest BCUT2D eigenvalue weighted by Gasteiger charge is 2.42. The topological polar surface area (TPSA) is 592 Å². The lowest BCUT2D eigenvalue weighted by Gasteiger charge is -2.30. The van der Waals surface area contributed by atoms with E-state index in [0.29, 0.717) is 16.8 Å². The molecule has 628 valence electrons. The number of nitrogens with two attached hydrogens (primary N) is 4. The molecule has 1 fully saturated rings. The number of carboxylic acids is 1. The predicted octanol–water partition coefficient (Wildman–Crippen LogP) is -1.24. The van der Waals surface area contributed by atoms with Crippen molar-refractivity contribution in [2.24, 2.45) is 22.9 Å². The number of carbonyl (C=O) groups is 14. The maximum Gasteiger partial charge on any atom is 0.407 e. The maximum atomic E-state index is 14.6. The molecule has 4 aromatic rings. The van der Waals surface area contributed by atoms with Gasteiger partial charge in [0.1, 0.15) is 85.9 Å². The highest BCUT2D eigenvalue weighted by Crippen LogP contribution is 2.44. The van der Waals surface area contributed by atoms with E-state index in [1.165, 1.54) is 19.1 Å². The van der Waals surface area contributed by atoms with E-state index in [1.54, 1.807) is 64.1 Å². The zero-order chi connectivity index (χ0) is 85.3. The van der Waals surface area contributed by atoms with Crippen LogP contribution in [-0.4, -0.2) is 221 Å². The van der Waals surface area contributed by atoms with E-state index in [4.69, 9.17) is 33.1 Å². The number of carbonyl (C=O) groups excluding carboxylic acids is 13. The van der Waals surface area contributed by atoms with Gasteiger partial charge < -0.3 is 112 Å². The number of hydrogen-bond acceptors (Lipinski definition) is 20. The van der Waals surface area contributed by atoms with Crippen molar-refractivity contribution in [3.05, 3.63) is 144 Å². The number of benzene rings is 3. The number of nitrogens with one attached hydrogen (secondary N) is 15. The van der Waals surface area contributed by atoms with Gasteiger partial charge in [0, 0.05) is 36.6 Å². The van der Waals surface area contributed by atoms with Gasteiger partial charge in [0.05, 0.1) is 13.0 Å². The second kappa shape index (κ2) is 46.1. The molecular weight excluding hydrogens is 1500 g/mol. The lowest BCUT2D eigenvalue weighted by Crippen LogP contribution is -2.61. The van der Waals surface area contributed by atoms with Crippen molar-refractivity contribution in [3.8, 4) is 11.1 Å². The number of aliphatic hydroxyl groups is 1. The van der Waals surface area contributed by atoms with Crippen molar-refractivity contribution in [1.29, 1.82) is 5.41 Å². The monoisotopic (exact) mass is 1610 g/mol. The number of aliphatic carboxylic acids is 1. The number of aromatic nitrogens is 1. The minimum absolute atomic E-state index is 0.0121. The molecule has 0 radical (unpaired) electrons. The minimum Gasteiger partial charge on any atom is -0.481 e. The molecule has 1 aliphatic carbocycles. The van der Waals surface area contributed by atoms with Crippen LogP contribution in [0.1, 0.15) is 128 Å². The molecular formula is C79H110N20O17. The summed E-state index contributed by atoms with van der Waals surface area (Å²) in [5, 5.41) is 62.3. The number of fused-ring (bicyclic) bond motifs is 4. The third kappa shape index (κ3) is 28.9. The Kier molecular flexibility index (Phi) is 36.8. The third-order valence-corrected chi connectivity index (χ3v) is 19.0. The van der Waals surface area contributed by atoms with E-state index in [-0.39, 0.29) is 103 Å². The standard InChI is InChI=1S/C79H110N20O17/c1-8-19-54(66(80)104)91-70(108)56(27-16-34-85-77(81)82)93-73(111)60(38-47-37-46-21-10-15-26-53(46)89-47)96-67(105)45(7)88-68(106)59(33-31-44(5)6)94-71(109)57(28-17-35-86-78(83)84)95-75(113)63-29-18-36-99(63)76(114)61(39-65(102)103)97-74(112)62(41-100)98-69(107)55(20-9-2)92-72(110)58(32-30-43(3)4)90-64(101)40-87-79(115)116-42-52-50-24-13-11-22-48(50)49-23-12-14-25-51(49)52/h8-15,21-26,30-31,37,45,52,54-63,77,85,89,100H,1-2,16-20,27-29,32-36,38-42,81-82H2,3-7H3,(H2,80,104)(H,87,115)(H,88,106)(H,90,101)(H,91,108)(H,92,110)(H,93,111)(H,94,109)(H,95,113)(H,96,105)(H,97,112)(H,98,107)(H,102,103)(H4,83,84,86)/t45-,54-,55-,56-,57-,58-,59-,60-,61-,62-,63?/m0/s1. The number of likely N-dealkylation sites (tertiary alicyclic amines) is 1. The smallest absolute Gasteiger partial charge is 0.407 e. The number of allylic oxidation sites excluding steroid dienone is 2. The highest BCUT2D eigenvalue weighted by molar-refractivity contribution is 6.01. The molecule has 37 heteroatoms. The molecule has 25 N–H and O–H groups in total. The van der Waals surface area contributed by atoms with E-state index in [1.807, 2.05) is 54.6 Å². The van der Waals surface area contributed by atoms with Gasteiger partial charge in [-0.2, -0.15) is 0 Å². The number of carboxylic acid groups (broad SMARTS) is 1. The van der Waals surface area contributed by atoms with Crippen molar-refractivity contribution in [3.63, 3.8) is 0 Å². The summed E-state index contributed by atoms with van der Waals surface area (Å²) < 4.78 is 5.55. The Morgan fingerprint density at radius 3 is 1.66 bits per heavy atom. The van der Waals surface area contributed by atoms with Gasteiger partial charge >= 0.3 is 12.1 Å². The Labute approximate surface area is 671 Å². The molecule has 37 nitrogen and oxygen atoms in total. The first-order valence-corrected chi connectivity index (χ1v) is 38.1. The summed E-state index contributed by atoms with van der Waals surface area (Å²) in [6.45, 7) is 13.8. The number of hydrogen-bond donors (Lipinski definition) is 21. The average molecular weight is 1610 g/mol. The first-order valence-electron chi connectivity index (χ1n) is 38.1. The fourth-order valence-electron chi connectivity index (χ4n) is 13.0. The second-order valence-corrected chi connectivity index (χ2v) is 28.7. The van der Waals surface area contributed by atoms with Gasteiger partial charge in [-0.05, 0) is 145 Å².